The maximum Gasteiger partial charge on any atom is 0.410 e. The Hall–Kier alpha value is -0.850. The molecule has 0 aliphatic carbocycles. The van der Waals surface area contributed by atoms with Crippen LogP contribution in [0, 0.1) is 0 Å². The van der Waals surface area contributed by atoms with E-state index in [1.165, 1.54) is 12.8 Å². The number of hydrogen-bond acceptors (Lipinski definition) is 5. The molecule has 2 fully saturated rings. The number of hydrogen-bond donors (Lipinski definition) is 1. The van der Waals surface area contributed by atoms with Gasteiger partial charge in [0.1, 0.15) is 5.60 Å². The zero-order valence-electron chi connectivity index (χ0n) is 14.4. The molecule has 0 saturated carbocycles. The number of nitrogens with zero attached hydrogens (tertiary/aromatic N) is 2. The number of morpholine rings is 1. The van der Waals surface area contributed by atoms with Gasteiger partial charge in [-0.25, -0.2) is 4.79 Å². The average molecular weight is 313 g/mol. The first-order chi connectivity index (χ1) is 10.4. The van der Waals surface area contributed by atoms with E-state index < -0.39 is 5.60 Å². The topological polar surface area (TPSA) is 54.0 Å². The SMILES string of the molecule is CNC1CCN(C[C@@H]2CN(C(=O)OC(C)(C)C)CCO2)CC1. The zero-order chi connectivity index (χ0) is 16.2. The van der Waals surface area contributed by atoms with E-state index >= 15 is 0 Å². The molecule has 6 nitrogen and oxygen atoms in total. The normalized spacial score (nSPS) is 25.3. The zero-order valence-corrected chi connectivity index (χ0v) is 14.4. The van der Waals surface area contributed by atoms with Gasteiger partial charge in [-0.15, -0.1) is 0 Å². The summed E-state index contributed by atoms with van der Waals surface area (Å²) in [6.07, 6.45) is 2.22. The minimum absolute atomic E-state index is 0.0902. The molecule has 2 heterocycles. The number of likely N-dealkylation sites (tertiary alicyclic amines) is 1. The van der Waals surface area contributed by atoms with E-state index in [2.05, 4.69) is 10.2 Å². The van der Waals surface area contributed by atoms with Crippen LogP contribution in [-0.4, -0.2) is 80.0 Å². The molecular weight excluding hydrogens is 282 g/mol. The number of amides is 1. The van der Waals surface area contributed by atoms with Gasteiger partial charge >= 0.3 is 6.09 Å². The third-order valence-corrected chi connectivity index (χ3v) is 4.25. The standard InChI is InChI=1S/C16H31N3O3/c1-16(2,3)22-15(20)19-9-10-21-14(12-19)11-18-7-5-13(17-4)6-8-18/h13-14,17H,5-12H2,1-4H3/t14-/m1/s1. The van der Waals surface area contributed by atoms with Gasteiger partial charge in [0.2, 0.25) is 0 Å². The number of piperidine rings is 1. The number of rotatable bonds is 3. The van der Waals surface area contributed by atoms with Gasteiger partial charge < -0.3 is 24.6 Å². The van der Waals surface area contributed by atoms with Crippen LogP contribution in [0.5, 0.6) is 0 Å². The Morgan fingerprint density at radius 2 is 1.95 bits per heavy atom. The maximum atomic E-state index is 12.2. The highest BCUT2D eigenvalue weighted by Crippen LogP contribution is 2.16. The predicted octanol–water partition coefficient (Wildman–Crippen LogP) is 1.31. The summed E-state index contributed by atoms with van der Waals surface area (Å²) in [5.74, 6) is 0. The van der Waals surface area contributed by atoms with Crippen molar-refractivity contribution in [3.63, 3.8) is 0 Å². The third-order valence-electron chi connectivity index (χ3n) is 4.25. The van der Waals surface area contributed by atoms with Crippen LogP contribution < -0.4 is 5.32 Å². The Bertz CT molecular complexity index is 362. The lowest BCUT2D eigenvalue weighted by molar-refractivity contribution is -0.0541. The quantitative estimate of drug-likeness (QED) is 0.851. The first-order valence-electron chi connectivity index (χ1n) is 8.36. The van der Waals surface area contributed by atoms with E-state index in [-0.39, 0.29) is 12.2 Å². The van der Waals surface area contributed by atoms with E-state index in [0.29, 0.717) is 25.7 Å². The van der Waals surface area contributed by atoms with Crippen LogP contribution in [0.3, 0.4) is 0 Å². The molecule has 128 valence electrons. The summed E-state index contributed by atoms with van der Waals surface area (Å²) in [6.45, 7) is 10.6. The van der Waals surface area contributed by atoms with Crippen LogP contribution in [0.15, 0.2) is 0 Å². The molecular formula is C16H31N3O3. The second kappa shape index (κ2) is 7.62. The van der Waals surface area contributed by atoms with Crippen molar-refractivity contribution >= 4 is 6.09 Å². The van der Waals surface area contributed by atoms with E-state index in [0.717, 1.165) is 19.6 Å². The fraction of sp³-hybridized carbons (Fsp3) is 0.938. The highest BCUT2D eigenvalue weighted by Gasteiger charge is 2.29. The van der Waals surface area contributed by atoms with Gasteiger partial charge in [0.15, 0.2) is 0 Å². The smallest absolute Gasteiger partial charge is 0.410 e. The van der Waals surface area contributed by atoms with Crippen molar-refractivity contribution < 1.29 is 14.3 Å². The first-order valence-corrected chi connectivity index (χ1v) is 8.36. The van der Waals surface area contributed by atoms with Gasteiger partial charge in [0.05, 0.1) is 19.3 Å². The molecule has 2 aliphatic rings. The Kier molecular flexibility index (Phi) is 6.06. The summed E-state index contributed by atoms with van der Waals surface area (Å²) in [5, 5.41) is 3.34. The minimum atomic E-state index is -0.445. The van der Waals surface area contributed by atoms with Crippen LogP contribution in [-0.2, 0) is 9.47 Å². The van der Waals surface area contributed by atoms with Gasteiger partial charge in [-0.1, -0.05) is 0 Å². The van der Waals surface area contributed by atoms with Crippen molar-refractivity contribution in [1.82, 2.24) is 15.1 Å². The lowest BCUT2D eigenvalue weighted by atomic mass is 10.0. The second-order valence-electron chi connectivity index (χ2n) is 7.28. The van der Waals surface area contributed by atoms with Crippen molar-refractivity contribution in [3.05, 3.63) is 0 Å². The molecule has 0 radical (unpaired) electrons. The summed E-state index contributed by atoms with van der Waals surface area (Å²) in [7, 11) is 2.03. The molecule has 1 amide bonds. The van der Waals surface area contributed by atoms with Gasteiger partial charge in [-0.2, -0.15) is 0 Å². The second-order valence-corrected chi connectivity index (χ2v) is 7.28. The van der Waals surface area contributed by atoms with Gasteiger partial charge in [-0.05, 0) is 53.8 Å². The van der Waals surface area contributed by atoms with Crippen LogP contribution in [0.2, 0.25) is 0 Å². The van der Waals surface area contributed by atoms with Gasteiger partial charge in [0, 0.05) is 19.1 Å². The van der Waals surface area contributed by atoms with Crippen LogP contribution in [0.1, 0.15) is 33.6 Å². The van der Waals surface area contributed by atoms with Crippen molar-refractivity contribution in [3.8, 4) is 0 Å². The molecule has 0 bridgehead atoms. The van der Waals surface area contributed by atoms with E-state index in [4.69, 9.17) is 9.47 Å². The van der Waals surface area contributed by atoms with Crippen molar-refractivity contribution in [2.75, 3.05) is 46.4 Å². The molecule has 2 rings (SSSR count). The first kappa shape index (κ1) is 17.5. The molecule has 2 aliphatic heterocycles. The Morgan fingerprint density at radius 1 is 1.27 bits per heavy atom. The molecule has 1 N–H and O–H groups in total. The summed E-state index contributed by atoms with van der Waals surface area (Å²) >= 11 is 0. The molecule has 0 unspecified atom stereocenters. The molecule has 0 aromatic carbocycles. The maximum absolute atomic E-state index is 12.2. The lowest BCUT2D eigenvalue weighted by Gasteiger charge is -2.38. The van der Waals surface area contributed by atoms with Gasteiger partial charge in [0.25, 0.3) is 0 Å². The van der Waals surface area contributed by atoms with E-state index in [1.54, 1.807) is 4.90 Å². The molecule has 0 aromatic rings. The van der Waals surface area contributed by atoms with Crippen LogP contribution in [0.4, 0.5) is 4.79 Å². The minimum Gasteiger partial charge on any atom is -0.444 e. The van der Waals surface area contributed by atoms with Crippen molar-refractivity contribution in [2.24, 2.45) is 0 Å². The Morgan fingerprint density at radius 3 is 2.55 bits per heavy atom. The highest BCUT2D eigenvalue weighted by molar-refractivity contribution is 5.68. The van der Waals surface area contributed by atoms with Crippen LogP contribution in [0.25, 0.3) is 0 Å². The van der Waals surface area contributed by atoms with E-state index in [9.17, 15) is 4.79 Å². The Balaban J connectivity index is 1.77. The largest absolute Gasteiger partial charge is 0.444 e. The molecule has 22 heavy (non-hydrogen) atoms. The summed E-state index contributed by atoms with van der Waals surface area (Å²) in [5.41, 5.74) is -0.445. The predicted molar refractivity (Wildman–Crippen MR) is 86.1 cm³/mol. The fourth-order valence-electron chi connectivity index (χ4n) is 3.01. The third kappa shape index (κ3) is 5.41. The van der Waals surface area contributed by atoms with Crippen molar-refractivity contribution in [2.45, 2.75) is 51.4 Å². The molecule has 0 spiro atoms. The number of carbonyl (C=O) groups excluding carboxylic acids is 1. The summed E-state index contributed by atoms with van der Waals surface area (Å²) < 4.78 is 11.3. The summed E-state index contributed by atoms with van der Waals surface area (Å²) in [6, 6.07) is 0.641. The summed E-state index contributed by atoms with van der Waals surface area (Å²) in [4.78, 5) is 16.4. The molecule has 1 atom stereocenters. The molecule has 2 saturated heterocycles. The number of ether oxygens (including phenoxy) is 2. The fourth-order valence-corrected chi connectivity index (χ4v) is 3.01. The lowest BCUT2D eigenvalue weighted by Crippen LogP contribution is -2.52. The van der Waals surface area contributed by atoms with Crippen LogP contribution >= 0.6 is 0 Å². The van der Waals surface area contributed by atoms with E-state index in [1.807, 2.05) is 27.8 Å². The molecule has 6 heteroatoms. The number of nitrogens with one attached hydrogen (secondary N) is 1. The van der Waals surface area contributed by atoms with Gasteiger partial charge in [-0.3, -0.25) is 0 Å². The van der Waals surface area contributed by atoms with Crippen molar-refractivity contribution in [1.29, 1.82) is 0 Å². The molecule has 0 aromatic heterocycles. The average Bonchev–Trinajstić information content (AvgIpc) is 2.46. The number of carbonyl (C=O) groups is 1. The highest BCUT2D eigenvalue weighted by atomic mass is 16.6. The monoisotopic (exact) mass is 313 g/mol. The Labute approximate surface area is 134 Å².